The van der Waals surface area contributed by atoms with Gasteiger partial charge in [0.15, 0.2) is 11.6 Å². The summed E-state index contributed by atoms with van der Waals surface area (Å²) in [4.78, 5) is 2.37. The third-order valence-corrected chi connectivity index (χ3v) is 4.12. The summed E-state index contributed by atoms with van der Waals surface area (Å²) < 4.78 is 18.7. The minimum Gasteiger partial charge on any atom is -0.494 e. The second-order valence-corrected chi connectivity index (χ2v) is 5.20. The molecule has 0 aliphatic carbocycles. The number of methoxy groups -OCH3 is 1. The van der Waals surface area contributed by atoms with E-state index in [1.54, 1.807) is 12.1 Å². The Morgan fingerprint density at radius 2 is 2.32 bits per heavy atom. The Morgan fingerprint density at radius 3 is 2.84 bits per heavy atom. The van der Waals surface area contributed by atoms with E-state index in [-0.39, 0.29) is 17.6 Å². The number of rotatable bonds is 5. The van der Waals surface area contributed by atoms with Gasteiger partial charge in [0, 0.05) is 19.1 Å². The van der Waals surface area contributed by atoms with Crippen molar-refractivity contribution in [1.82, 2.24) is 4.90 Å². The molecule has 1 fully saturated rings. The summed E-state index contributed by atoms with van der Waals surface area (Å²) in [5, 5.41) is 0. The summed E-state index contributed by atoms with van der Waals surface area (Å²) >= 11 is 0. The first-order valence-corrected chi connectivity index (χ1v) is 6.97. The van der Waals surface area contributed by atoms with E-state index in [0.29, 0.717) is 6.54 Å². The van der Waals surface area contributed by atoms with Crippen molar-refractivity contribution in [1.29, 1.82) is 0 Å². The average Bonchev–Trinajstić information content (AvgIpc) is 2.88. The molecule has 4 heteroatoms. The van der Waals surface area contributed by atoms with E-state index in [2.05, 4.69) is 11.8 Å². The maximum Gasteiger partial charge on any atom is 0.165 e. The van der Waals surface area contributed by atoms with E-state index in [1.807, 2.05) is 6.07 Å². The zero-order valence-electron chi connectivity index (χ0n) is 11.7. The number of nitrogens with two attached hydrogens (primary N) is 1. The van der Waals surface area contributed by atoms with Gasteiger partial charge in [0.1, 0.15) is 0 Å². The van der Waals surface area contributed by atoms with Crippen LogP contribution in [0.4, 0.5) is 4.39 Å². The van der Waals surface area contributed by atoms with Crippen molar-refractivity contribution in [3.63, 3.8) is 0 Å². The molecule has 0 spiro atoms. The molecular formula is C15H23FN2O. The van der Waals surface area contributed by atoms with Crippen LogP contribution >= 0.6 is 0 Å². The molecule has 0 bridgehead atoms. The van der Waals surface area contributed by atoms with Crippen LogP contribution in [0.25, 0.3) is 0 Å². The van der Waals surface area contributed by atoms with Crippen LogP contribution in [-0.4, -0.2) is 31.6 Å². The van der Waals surface area contributed by atoms with Gasteiger partial charge >= 0.3 is 0 Å². The van der Waals surface area contributed by atoms with E-state index >= 15 is 0 Å². The van der Waals surface area contributed by atoms with Crippen molar-refractivity contribution in [2.24, 2.45) is 11.7 Å². The molecule has 19 heavy (non-hydrogen) atoms. The topological polar surface area (TPSA) is 38.5 Å². The number of ether oxygens (including phenoxy) is 1. The lowest BCUT2D eigenvalue weighted by Gasteiger charge is -2.27. The van der Waals surface area contributed by atoms with Crippen LogP contribution in [0, 0.1) is 11.7 Å². The number of nitrogens with zero attached hydrogens (tertiary/aromatic N) is 1. The molecule has 3 nitrogen and oxygen atoms in total. The lowest BCUT2D eigenvalue weighted by atomic mass is 10.0. The summed E-state index contributed by atoms with van der Waals surface area (Å²) in [6, 6.07) is 5.26. The van der Waals surface area contributed by atoms with Crippen LogP contribution in [0.1, 0.15) is 31.4 Å². The normalized spacial score (nSPS) is 21.6. The molecule has 1 saturated heterocycles. The van der Waals surface area contributed by atoms with Crippen LogP contribution in [0.5, 0.6) is 5.75 Å². The molecule has 0 saturated carbocycles. The molecule has 0 aromatic heterocycles. The Morgan fingerprint density at radius 1 is 1.53 bits per heavy atom. The van der Waals surface area contributed by atoms with Crippen LogP contribution in [-0.2, 0) is 0 Å². The largest absolute Gasteiger partial charge is 0.494 e. The van der Waals surface area contributed by atoms with Crippen LogP contribution < -0.4 is 10.5 Å². The maximum atomic E-state index is 13.8. The Kier molecular flexibility index (Phi) is 4.77. The van der Waals surface area contributed by atoms with Gasteiger partial charge in [-0.15, -0.1) is 0 Å². The van der Waals surface area contributed by atoms with E-state index in [4.69, 9.17) is 10.5 Å². The summed E-state index contributed by atoms with van der Waals surface area (Å²) in [6.07, 6.45) is 2.41. The average molecular weight is 266 g/mol. The molecule has 1 aliphatic heterocycles. The van der Waals surface area contributed by atoms with Gasteiger partial charge in [0.05, 0.1) is 7.11 Å². The highest BCUT2D eigenvalue weighted by atomic mass is 19.1. The SMILES string of the molecule is CCC1CCN(C(CN)c2ccc(OC)c(F)c2)C1. The van der Waals surface area contributed by atoms with Crippen molar-refractivity contribution >= 4 is 0 Å². The highest BCUT2D eigenvalue weighted by molar-refractivity contribution is 5.31. The molecule has 1 aliphatic rings. The summed E-state index contributed by atoms with van der Waals surface area (Å²) in [6.45, 7) is 4.85. The van der Waals surface area contributed by atoms with E-state index in [0.717, 1.165) is 24.6 Å². The first-order chi connectivity index (χ1) is 9.19. The Hall–Kier alpha value is -1.13. The highest BCUT2D eigenvalue weighted by Gasteiger charge is 2.27. The monoisotopic (exact) mass is 266 g/mol. The predicted molar refractivity (Wildman–Crippen MR) is 74.7 cm³/mol. The number of benzene rings is 1. The number of halogens is 1. The van der Waals surface area contributed by atoms with Gasteiger partial charge in [-0.3, -0.25) is 4.90 Å². The zero-order chi connectivity index (χ0) is 13.8. The molecule has 0 amide bonds. The van der Waals surface area contributed by atoms with Gasteiger partial charge in [-0.2, -0.15) is 0 Å². The molecule has 2 N–H and O–H groups in total. The molecule has 1 aromatic rings. The van der Waals surface area contributed by atoms with Crippen molar-refractivity contribution in [2.45, 2.75) is 25.8 Å². The Bertz CT molecular complexity index is 425. The molecule has 2 unspecified atom stereocenters. The van der Waals surface area contributed by atoms with Crippen LogP contribution in [0.15, 0.2) is 18.2 Å². The fourth-order valence-corrected chi connectivity index (χ4v) is 2.86. The quantitative estimate of drug-likeness (QED) is 0.890. The summed E-state index contributed by atoms with van der Waals surface area (Å²) in [7, 11) is 1.48. The van der Waals surface area contributed by atoms with Gasteiger partial charge in [0.25, 0.3) is 0 Å². The fraction of sp³-hybridized carbons (Fsp3) is 0.600. The van der Waals surface area contributed by atoms with E-state index in [1.165, 1.54) is 20.0 Å². The molecule has 1 heterocycles. The summed E-state index contributed by atoms with van der Waals surface area (Å²) in [5.41, 5.74) is 6.84. The van der Waals surface area contributed by atoms with Crippen LogP contribution in [0.3, 0.4) is 0 Å². The van der Waals surface area contributed by atoms with Gasteiger partial charge in [-0.1, -0.05) is 19.4 Å². The number of hydrogen-bond donors (Lipinski definition) is 1. The van der Waals surface area contributed by atoms with Crippen molar-refractivity contribution in [2.75, 3.05) is 26.7 Å². The molecular weight excluding hydrogens is 243 g/mol. The second-order valence-electron chi connectivity index (χ2n) is 5.20. The maximum absolute atomic E-state index is 13.8. The lowest BCUT2D eigenvalue weighted by molar-refractivity contribution is 0.240. The smallest absolute Gasteiger partial charge is 0.165 e. The van der Waals surface area contributed by atoms with Gasteiger partial charge in [0.2, 0.25) is 0 Å². The van der Waals surface area contributed by atoms with E-state index < -0.39 is 0 Å². The molecule has 2 rings (SSSR count). The minimum absolute atomic E-state index is 0.108. The number of likely N-dealkylation sites (tertiary alicyclic amines) is 1. The van der Waals surface area contributed by atoms with Crippen molar-refractivity contribution < 1.29 is 9.13 Å². The van der Waals surface area contributed by atoms with Crippen LogP contribution in [0.2, 0.25) is 0 Å². The molecule has 0 radical (unpaired) electrons. The standard InChI is InChI=1S/C15H23FN2O/c1-3-11-6-7-18(10-11)14(9-17)12-4-5-15(19-2)13(16)8-12/h4-5,8,11,14H,3,6-7,9-10,17H2,1-2H3. The first kappa shape index (κ1) is 14.3. The second kappa shape index (κ2) is 6.35. The summed E-state index contributed by atoms with van der Waals surface area (Å²) in [5.74, 6) is 0.717. The minimum atomic E-state index is -0.315. The fourth-order valence-electron chi connectivity index (χ4n) is 2.86. The molecule has 1 aromatic carbocycles. The highest BCUT2D eigenvalue weighted by Crippen LogP contribution is 2.30. The van der Waals surface area contributed by atoms with Gasteiger partial charge in [-0.05, 0) is 36.6 Å². The zero-order valence-corrected chi connectivity index (χ0v) is 11.7. The third kappa shape index (κ3) is 3.07. The Labute approximate surface area is 114 Å². The van der Waals surface area contributed by atoms with Crippen molar-refractivity contribution in [3.8, 4) is 5.75 Å². The molecule has 106 valence electrons. The predicted octanol–water partition coefficient (Wildman–Crippen LogP) is 2.57. The van der Waals surface area contributed by atoms with Crippen molar-refractivity contribution in [3.05, 3.63) is 29.6 Å². The van der Waals surface area contributed by atoms with Gasteiger partial charge < -0.3 is 10.5 Å². The lowest BCUT2D eigenvalue weighted by Crippen LogP contribution is -2.32. The third-order valence-electron chi connectivity index (χ3n) is 4.12. The Balaban J connectivity index is 2.15. The first-order valence-electron chi connectivity index (χ1n) is 6.97. The molecule has 2 atom stereocenters. The van der Waals surface area contributed by atoms with Gasteiger partial charge in [-0.25, -0.2) is 4.39 Å². The number of hydrogen-bond acceptors (Lipinski definition) is 3. The van der Waals surface area contributed by atoms with E-state index in [9.17, 15) is 4.39 Å².